The second-order valence-corrected chi connectivity index (χ2v) is 7.46. The summed E-state index contributed by atoms with van der Waals surface area (Å²) in [7, 11) is 1.49. The van der Waals surface area contributed by atoms with E-state index in [1.807, 2.05) is 4.90 Å². The Bertz CT molecular complexity index is 906. The molecule has 0 radical (unpaired) electrons. The molecule has 156 valence electrons. The molecule has 6 nitrogen and oxygen atoms in total. The van der Waals surface area contributed by atoms with Gasteiger partial charge in [0.25, 0.3) is 11.8 Å². The monoisotopic (exact) mass is 409 g/mol. The van der Waals surface area contributed by atoms with E-state index < -0.39 is 11.8 Å². The van der Waals surface area contributed by atoms with E-state index in [1.54, 1.807) is 12.1 Å². The Morgan fingerprint density at radius 1 is 1.28 bits per heavy atom. The first-order chi connectivity index (χ1) is 13.8. The molecule has 1 saturated heterocycles. The highest BCUT2D eigenvalue weighted by molar-refractivity contribution is 5.89. The normalized spacial score (nSPS) is 19.1. The van der Waals surface area contributed by atoms with Crippen molar-refractivity contribution in [3.05, 3.63) is 46.9 Å². The largest absolute Gasteiger partial charge is 0.497 e. The third kappa shape index (κ3) is 4.24. The quantitative estimate of drug-likeness (QED) is 0.776. The van der Waals surface area contributed by atoms with Gasteiger partial charge in [0.15, 0.2) is 0 Å². The van der Waals surface area contributed by atoms with Gasteiger partial charge in [-0.05, 0) is 6.07 Å². The van der Waals surface area contributed by atoms with Crippen molar-refractivity contribution >= 4 is 5.91 Å². The number of carbonyl (C=O) groups excluding carboxylic acids is 1. The number of benzene rings is 1. The number of aromatic nitrogens is 1. The van der Waals surface area contributed by atoms with Gasteiger partial charge < -0.3 is 14.1 Å². The van der Waals surface area contributed by atoms with Crippen LogP contribution in [0.3, 0.4) is 0 Å². The summed E-state index contributed by atoms with van der Waals surface area (Å²) >= 11 is 0. The maximum atomic E-state index is 14.2. The summed E-state index contributed by atoms with van der Waals surface area (Å²) in [5.74, 6) is -2.48. The van der Waals surface area contributed by atoms with E-state index in [4.69, 9.17) is 9.15 Å². The van der Waals surface area contributed by atoms with Crippen LogP contribution in [0.5, 0.6) is 5.75 Å². The van der Waals surface area contributed by atoms with E-state index in [-0.39, 0.29) is 37.6 Å². The lowest BCUT2D eigenvalue weighted by atomic mass is 10.1. The fraction of sp³-hybridized carbons (Fsp3) is 0.500. The Labute approximate surface area is 166 Å². The number of ether oxygens (including phenoxy) is 1. The second kappa shape index (κ2) is 7.70. The van der Waals surface area contributed by atoms with E-state index in [0.717, 1.165) is 0 Å². The van der Waals surface area contributed by atoms with Crippen LogP contribution in [0.15, 0.2) is 22.6 Å². The molecule has 29 heavy (non-hydrogen) atoms. The van der Waals surface area contributed by atoms with Crippen LogP contribution in [-0.2, 0) is 19.5 Å². The fourth-order valence-electron chi connectivity index (χ4n) is 3.68. The standard InChI is InChI=1S/C20H22F3N3O3/c1-28-14-3-2-13(15(21)10-14)11-25-7-4-17-16(12-25)24-18(29-17)19(27)26-8-5-20(22,23)6-9-26/h2-3,10H,4-9,11-12H2,1H3. The number of alkyl halides is 2. The highest BCUT2D eigenvalue weighted by Gasteiger charge is 2.37. The maximum Gasteiger partial charge on any atom is 0.309 e. The molecule has 1 amide bonds. The minimum atomic E-state index is -2.72. The molecule has 1 fully saturated rings. The lowest BCUT2D eigenvalue weighted by molar-refractivity contribution is -0.0499. The van der Waals surface area contributed by atoms with Gasteiger partial charge in [0.1, 0.15) is 17.3 Å². The van der Waals surface area contributed by atoms with E-state index >= 15 is 0 Å². The van der Waals surface area contributed by atoms with E-state index in [9.17, 15) is 18.0 Å². The average Bonchev–Trinajstić information content (AvgIpc) is 3.12. The van der Waals surface area contributed by atoms with Gasteiger partial charge in [0, 0.05) is 63.6 Å². The van der Waals surface area contributed by atoms with Crippen LogP contribution in [0.1, 0.15) is 40.5 Å². The maximum absolute atomic E-state index is 14.2. The number of piperidine rings is 1. The topological polar surface area (TPSA) is 58.8 Å². The summed E-state index contributed by atoms with van der Waals surface area (Å²) in [4.78, 5) is 20.2. The van der Waals surface area contributed by atoms with E-state index in [0.29, 0.717) is 48.8 Å². The first-order valence-electron chi connectivity index (χ1n) is 9.55. The van der Waals surface area contributed by atoms with Gasteiger partial charge in [-0.1, -0.05) is 6.07 Å². The lowest BCUT2D eigenvalue weighted by Crippen LogP contribution is -2.42. The molecule has 0 aliphatic carbocycles. The van der Waals surface area contributed by atoms with E-state index in [1.165, 1.54) is 18.1 Å². The number of fused-ring (bicyclic) bond motifs is 1. The summed E-state index contributed by atoms with van der Waals surface area (Å²) < 4.78 is 51.5. The van der Waals surface area contributed by atoms with Gasteiger partial charge in [-0.15, -0.1) is 0 Å². The molecule has 0 spiro atoms. The summed E-state index contributed by atoms with van der Waals surface area (Å²) in [6.07, 6.45) is -0.147. The molecule has 0 saturated carbocycles. The van der Waals surface area contributed by atoms with Crippen LogP contribution in [0.4, 0.5) is 13.2 Å². The van der Waals surface area contributed by atoms with Gasteiger partial charge in [0.2, 0.25) is 0 Å². The third-order valence-electron chi connectivity index (χ3n) is 5.43. The minimum absolute atomic E-state index is 0.0122. The van der Waals surface area contributed by atoms with Crippen molar-refractivity contribution in [2.45, 2.75) is 38.3 Å². The zero-order valence-electron chi connectivity index (χ0n) is 16.1. The molecule has 2 aromatic rings. The minimum Gasteiger partial charge on any atom is -0.497 e. The Kier molecular flexibility index (Phi) is 5.24. The third-order valence-corrected chi connectivity index (χ3v) is 5.43. The number of likely N-dealkylation sites (tertiary alicyclic amines) is 1. The van der Waals surface area contributed by atoms with Crippen LogP contribution in [0.2, 0.25) is 0 Å². The molecule has 2 aliphatic rings. The van der Waals surface area contributed by atoms with Crippen LogP contribution >= 0.6 is 0 Å². The van der Waals surface area contributed by atoms with Gasteiger partial charge in [-0.2, -0.15) is 0 Å². The van der Waals surface area contributed by atoms with Crippen LogP contribution in [0.25, 0.3) is 0 Å². The van der Waals surface area contributed by atoms with Gasteiger partial charge in [-0.25, -0.2) is 18.2 Å². The zero-order chi connectivity index (χ0) is 20.6. The predicted molar refractivity (Wildman–Crippen MR) is 97.4 cm³/mol. The highest BCUT2D eigenvalue weighted by Crippen LogP contribution is 2.29. The fourth-order valence-corrected chi connectivity index (χ4v) is 3.68. The Balaban J connectivity index is 1.42. The number of amides is 1. The molecule has 2 aliphatic heterocycles. The molecule has 1 aromatic heterocycles. The molecule has 1 aromatic carbocycles. The number of hydrogen-bond acceptors (Lipinski definition) is 5. The summed E-state index contributed by atoms with van der Waals surface area (Å²) in [6, 6.07) is 4.75. The number of oxazole rings is 1. The number of rotatable bonds is 4. The highest BCUT2D eigenvalue weighted by atomic mass is 19.3. The number of nitrogens with zero attached hydrogens (tertiary/aromatic N) is 3. The second-order valence-electron chi connectivity index (χ2n) is 7.46. The Hall–Kier alpha value is -2.55. The summed E-state index contributed by atoms with van der Waals surface area (Å²) in [5.41, 5.74) is 1.18. The Morgan fingerprint density at radius 2 is 2.03 bits per heavy atom. The molecule has 0 atom stereocenters. The van der Waals surface area contributed by atoms with Crippen molar-refractivity contribution in [2.75, 3.05) is 26.7 Å². The van der Waals surface area contributed by atoms with Crippen LogP contribution in [-0.4, -0.2) is 53.4 Å². The number of halogens is 3. The van der Waals surface area contributed by atoms with Crippen LogP contribution < -0.4 is 4.74 Å². The lowest BCUT2D eigenvalue weighted by Gasteiger charge is -2.30. The molecule has 9 heteroatoms. The van der Waals surface area contributed by atoms with Crippen LogP contribution in [0, 0.1) is 5.82 Å². The first-order valence-corrected chi connectivity index (χ1v) is 9.55. The molecular formula is C20H22F3N3O3. The van der Waals surface area contributed by atoms with Crippen molar-refractivity contribution in [1.82, 2.24) is 14.8 Å². The van der Waals surface area contributed by atoms with Gasteiger partial charge in [0.05, 0.1) is 12.8 Å². The van der Waals surface area contributed by atoms with Crippen molar-refractivity contribution in [3.63, 3.8) is 0 Å². The van der Waals surface area contributed by atoms with Crippen molar-refractivity contribution < 1.29 is 27.1 Å². The summed E-state index contributed by atoms with van der Waals surface area (Å²) in [5, 5.41) is 0. The van der Waals surface area contributed by atoms with Gasteiger partial charge >= 0.3 is 5.91 Å². The smallest absolute Gasteiger partial charge is 0.309 e. The Morgan fingerprint density at radius 3 is 2.72 bits per heavy atom. The molecule has 3 heterocycles. The molecule has 0 unspecified atom stereocenters. The predicted octanol–water partition coefficient (Wildman–Crippen LogP) is 3.25. The summed E-state index contributed by atoms with van der Waals surface area (Å²) in [6.45, 7) is 1.43. The molecular weight excluding hydrogens is 387 g/mol. The van der Waals surface area contributed by atoms with Crippen molar-refractivity contribution in [3.8, 4) is 5.75 Å². The zero-order valence-corrected chi connectivity index (χ0v) is 16.1. The molecule has 0 N–H and O–H groups in total. The van der Waals surface area contributed by atoms with Crippen molar-refractivity contribution in [1.29, 1.82) is 0 Å². The molecule has 4 rings (SSSR count). The number of methoxy groups -OCH3 is 1. The average molecular weight is 409 g/mol. The molecule has 0 bridgehead atoms. The number of carbonyl (C=O) groups is 1. The number of hydrogen-bond donors (Lipinski definition) is 0. The first kappa shape index (κ1) is 19.8. The van der Waals surface area contributed by atoms with Gasteiger partial charge in [-0.3, -0.25) is 9.69 Å². The van der Waals surface area contributed by atoms with E-state index in [2.05, 4.69) is 4.98 Å². The van der Waals surface area contributed by atoms with Crippen molar-refractivity contribution in [2.24, 2.45) is 0 Å². The SMILES string of the molecule is COc1ccc(CN2CCc3oc(C(=O)N4CCC(F)(F)CC4)nc3C2)c(F)c1.